The number of benzene rings is 1. The number of methoxy groups -OCH3 is 1. The molecule has 2 atom stereocenters. The molecule has 0 aliphatic rings. The number of nitrogens with one attached hydrogen (secondary N) is 1. The molecule has 1 rings (SSSR count). The lowest BCUT2D eigenvalue weighted by Gasteiger charge is -2.18. The van der Waals surface area contributed by atoms with Crippen molar-refractivity contribution < 1.29 is 14.3 Å². The van der Waals surface area contributed by atoms with Crippen LogP contribution in [0, 0.1) is 5.92 Å². The molecule has 0 heterocycles. The third kappa shape index (κ3) is 4.73. The molecular formula is C15H21NO3. The van der Waals surface area contributed by atoms with Crippen molar-refractivity contribution in [3.8, 4) is 0 Å². The summed E-state index contributed by atoms with van der Waals surface area (Å²) in [6.45, 7) is 3.78. The van der Waals surface area contributed by atoms with E-state index >= 15 is 0 Å². The second-order valence-corrected chi connectivity index (χ2v) is 4.58. The highest BCUT2D eigenvalue weighted by molar-refractivity contribution is 5.85. The Morgan fingerprint density at radius 1 is 1.26 bits per heavy atom. The molecule has 4 nitrogen and oxygen atoms in total. The molecule has 1 aromatic carbocycles. The summed E-state index contributed by atoms with van der Waals surface area (Å²) in [7, 11) is 1.33. The standard InChI is InChI=1S/C15H21NO3/c1-4-11(2)14(17)16-13(15(18)19-3)10-12-8-6-5-7-9-12/h5-9,11,13H,4,10H2,1-3H3,(H,16,17)/t11-,13+/m1/s1. The number of esters is 1. The fourth-order valence-electron chi connectivity index (χ4n) is 1.68. The first-order chi connectivity index (χ1) is 9.08. The Labute approximate surface area is 114 Å². The Hall–Kier alpha value is -1.84. The molecule has 0 aromatic heterocycles. The Balaban J connectivity index is 2.73. The third-order valence-corrected chi connectivity index (χ3v) is 3.14. The van der Waals surface area contributed by atoms with Gasteiger partial charge >= 0.3 is 5.97 Å². The highest BCUT2D eigenvalue weighted by Gasteiger charge is 2.23. The topological polar surface area (TPSA) is 55.4 Å². The molecule has 0 spiro atoms. The van der Waals surface area contributed by atoms with Crippen molar-refractivity contribution in [2.45, 2.75) is 32.7 Å². The summed E-state index contributed by atoms with van der Waals surface area (Å²) in [5.41, 5.74) is 0.988. The molecule has 0 fully saturated rings. The Bertz CT molecular complexity index is 417. The molecule has 104 valence electrons. The lowest BCUT2D eigenvalue weighted by atomic mass is 10.0. The molecule has 0 radical (unpaired) electrons. The average molecular weight is 263 g/mol. The van der Waals surface area contributed by atoms with Crippen molar-refractivity contribution >= 4 is 11.9 Å². The van der Waals surface area contributed by atoms with E-state index in [4.69, 9.17) is 4.74 Å². The van der Waals surface area contributed by atoms with E-state index in [-0.39, 0.29) is 11.8 Å². The van der Waals surface area contributed by atoms with Crippen LogP contribution in [0.4, 0.5) is 0 Å². The quantitative estimate of drug-likeness (QED) is 0.798. The maximum atomic E-state index is 11.9. The van der Waals surface area contributed by atoms with Crippen LogP contribution in [0.15, 0.2) is 30.3 Å². The maximum absolute atomic E-state index is 11.9. The van der Waals surface area contributed by atoms with E-state index in [1.807, 2.05) is 44.2 Å². The summed E-state index contributed by atoms with van der Waals surface area (Å²) in [5.74, 6) is -0.641. The van der Waals surface area contributed by atoms with E-state index in [0.717, 1.165) is 12.0 Å². The van der Waals surface area contributed by atoms with Crippen molar-refractivity contribution in [1.82, 2.24) is 5.32 Å². The van der Waals surface area contributed by atoms with Gasteiger partial charge in [0.25, 0.3) is 0 Å². The summed E-state index contributed by atoms with van der Waals surface area (Å²) in [6, 6.07) is 8.93. The molecule has 1 amide bonds. The number of amides is 1. The number of ether oxygens (including phenoxy) is 1. The van der Waals surface area contributed by atoms with Crippen LogP contribution < -0.4 is 5.32 Å². The normalized spacial score (nSPS) is 13.4. The molecule has 0 unspecified atom stereocenters. The van der Waals surface area contributed by atoms with Gasteiger partial charge in [0.1, 0.15) is 6.04 Å². The monoisotopic (exact) mass is 263 g/mol. The van der Waals surface area contributed by atoms with Crippen molar-refractivity contribution in [3.63, 3.8) is 0 Å². The van der Waals surface area contributed by atoms with Gasteiger partial charge in [-0.15, -0.1) is 0 Å². The van der Waals surface area contributed by atoms with Gasteiger partial charge in [-0.05, 0) is 12.0 Å². The first-order valence-corrected chi connectivity index (χ1v) is 6.50. The summed E-state index contributed by atoms with van der Waals surface area (Å²) in [4.78, 5) is 23.6. The van der Waals surface area contributed by atoms with Crippen molar-refractivity contribution in [2.24, 2.45) is 5.92 Å². The van der Waals surface area contributed by atoms with Crippen LogP contribution in [-0.2, 0) is 20.7 Å². The lowest BCUT2D eigenvalue weighted by molar-refractivity contribution is -0.145. The van der Waals surface area contributed by atoms with Crippen LogP contribution in [0.1, 0.15) is 25.8 Å². The molecule has 0 aliphatic heterocycles. The van der Waals surface area contributed by atoms with Gasteiger partial charge < -0.3 is 10.1 Å². The van der Waals surface area contributed by atoms with Crippen LogP contribution in [0.2, 0.25) is 0 Å². The zero-order valence-electron chi connectivity index (χ0n) is 11.7. The molecule has 19 heavy (non-hydrogen) atoms. The molecule has 0 saturated heterocycles. The van der Waals surface area contributed by atoms with E-state index in [1.165, 1.54) is 7.11 Å². The van der Waals surface area contributed by atoms with E-state index in [0.29, 0.717) is 6.42 Å². The lowest BCUT2D eigenvalue weighted by Crippen LogP contribution is -2.45. The van der Waals surface area contributed by atoms with Gasteiger partial charge in [-0.1, -0.05) is 44.2 Å². The van der Waals surface area contributed by atoms with Gasteiger partial charge in [0, 0.05) is 12.3 Å². The second kappa shape index (κ2) is 7.56. The first kappa shape index (κ1) is 15.2. The zero-order valence-corrected chi connectivity index (χ0v) is 11.7. The predicted octanol–water partition coefficient (Wildman–Crippen LogP) is 1.93. The van der Waals surface area contributed by atoms with Crippen molar-refractivity contribution in [1.29, 1.82) is 0 Å². The Morgan fingerprint density at radius 2 is 1.89 bits per heavy atom. The molecule has 1 aromatic rings. The smallest absolute Gasteiger partial charge is 0.328 e. The number of hydrogen-bond donors (Lipinski definition) is 1. The SMILES string of the molecule is CC[C@@H](C)C(=O)N[C@@H](Cc1ccccc1)C(=O)OC. The fourth-order valence-corrected chi connectivity index (χ4v) is 1.68. The van der Waals surface area contributed by atoms with E-state index in [1.54, 1.807) is 0 Å². The van der Waals surface area contributed by atoms with Gasteiger partial charge in [0.05, 0.1) is 7.11 Å². The molecule has 0 aliphatic carbocycles. The van der Waals surface area contributed by atoms with Crippen LogP contribution in [0.25, 0.3) is 0 Å². The van der Waals surface area contributed by atoms with Gasteiger partial charge in [-0.25, -0.2) is 4.79 Å². The van der Waals surface area contributed by atoms with Crippen LogP contribution in [0.5, 0.6) is 0 Å². The number of carbonyl (C=O) groups excluding carboxylic acids is 2. The zero-order chi connectivity index (χ0) is 14.3. The third-order valence-electron chi connectivity index (χ3n) is 3.14. The average Bonchev–Trinajstić information content (AvgIpc) is 2.45. The highest BCUT2D eigenvalue weighted by Crippen LogP contribution is 2.07. The predicted molar refractivity (Wildman–Crippen MR) is 73.5 cm³/mol. The van der Waals surface area contributed by atoms with Gasteiger partial charge in [-0.3, -0.25) is 4.79 Å². The summed E-state index contributed by atoms with van der Waals surface area (Å²) < 4.78 is 4.75. The molecule has 0 bridgehead atoms. The van der Waals surface area contributed by atoms with E-state index < -0.39 is 12.0 Å². The number of carbonyl (C=O) groups is 2. The van der Waals surface area contributed by atoms with E-state index in [2.05, 4.69) is 5.32 Å². The minimum Gasteiger partial charge on any atom is -0.467 e. The Kier molecular flexibility index (Phi) is 6.06. The van der Waals surface area contributed by atoms with E-state index in [9.17, 15) is 9.59 Å². The second-order valence-electron chi connectivity index (χ2n) is 4.58. The van der Waals surface area contributed by atoms with Gasteiger partial charge in [-0.2, -0.15) is 0 Å². The van der Waals surface area contributed by atoms with Crippen molar-refractivity contribution in [3.05, 3.63) is 35.9 Å². The molecule has 0 saturated carbocycles. The van der Waals surface area contributed by atoms with Crippen LogP contribution >= 0.6 is 0 Å². The highest BCUT2D eigenvalue weighted by atomic mass is 16.5. The fraction of sp³-hybridized carbons (Fsp3) is 0.467. The first-order valence-electron chi connectivity index (χ1n) is 6.50. The summed E-state index contributed by atoms with van der Waals surface area (Å²) in [5, 5.41) is 2.75. The van der Waals surface area contributed by atoms with Crippen LogP contribution in [-0.4, -0.2) is 25.0 Å². The minimum absolute atomic E-state index is 0.108. The van der Waals surface area contributed by atoms with Crippen molar-refractivity contribution in [2.75, 3.05) is 7.11 Å². The molecule has 1 N–H and O–H groups in total. The summed E-state index contributed by atoms with van der Waals surface area (Å²) in [6.07, 6.45) is 1.18. The maximum Gasteiger partial charge on any atom is 0.328 e. The molecular weight excluding hydrogens is 242 g/mol. The number of hydrogen-bond acceptors (Lipinski definition) is 3. The number of rotatable bonds is 6. The van der Waals surface area contributed by atoms with Gasteiger partial charge in [0.2, 0.25) is 5.91 Å². The van der Waals surface area contributed by atoms with Crippen LogP contribution in [0.3, 0.4) is 0 Å². The Morgan fingerprint density at radius 3 is 2.42 bits per heavy atom. The minimum atomic E-state index is -0.631. The molecule has 4 heteroatoms. The van der Waals surface area contributed by atoms with Gasteiger partial charge in [0.15, 0.2) is 0 Å². The largest absolute Gasteiger partial charge is 0.467 e. The summed E-state index contributed by atoms with van der Waals surface area (Å²) >= 11 is 0.